The Morgan fingerprint density at radius 3 is 2.74 bits per heavy atom. The second-order valence-corrected chi connectivity index (χ2v) is 6.80. The maximum absolute atomic E-state index is 5.93. The van der Waals surface area contributed by atoms with Gasteiger partial charge < -0.3 is 5.73 Å². The van der Waals surface area contributed by atoms with Gasteiger partial charge in [0.05, 0.1) is 0 Å². The number of piperidine rings is 1. The summed E-state index contributed by atoms with van der Waals surface area (Å²) in [7, 11) is 0. The lowest BCUT2D eigenvalue weighted by Gasteiger charge is -2.30. The molecule has 2 nitrogen and oxygen atoms in total. The number of benzene rings is 1. The first-order valence-corrected chi connectivity index (χ1v) is 8.01. The lowest BCUT2D eigenvalue weighted by Crippen LogP contribution is -2.32. The third-order valence-electron chi connectivity index (χ3n) is 4.23. The number of thiophene rings is 1. The molecular formula is C16H22N2S. The van der Waals surface area contributed by atoms with Crippen LogP contribution in [0, 0.1) is 5.92 Å². The van der Waals surface area contributed by atoms with Crippen LogP contribution in [0.1, 0.15) is 30.2 Å². The molecule has 1 aromatic carbocycles. The molecule has 0 atom stereocenters. The molecule has 3 heteroatoms. The van der Waals surface area contributed by atoms with Gasteiger partial charge in [-0.25, -0.2) is 0 Å². The van der Waals surface area contributed by atoms with Crippen LogP contribution in [0.25, 0.3) is 10.1 Å². The van der Waals surface area contributed by atoms with Crippen LogP contribution in [0.5, 0.6) is 0 Å². The molecule has 2 heterocycles. The Bertz CT molecular complexity index is 553. The molecule has 1 fully saturated rings. The van der Waals surface area contributed by atoms with Crippen LogP contribution in [0.15, 0.2) is 24.3 Å². The zero-order chi connectivity index (χ0) is 13.2. The minimum Gasteiger partial charge on any atom is -0.326 e. The van der Waals surface area contributed by atoms with Crippen LogP contribution < -0.4 is 5.73 Å². The van der Waals surface area contributed by atoms with Crippen LogP contribution in [0.4, 0.5) is 0 Å². The Kier molecular flexibility index (Phi) is 3.87. The summed E-state index contributed by atoms with van der Waals surface area (Å²) < 4.78 is 1.38. The number of nitrogens with two attached hydrogens (primary N) is 1. The van der Waals surface area contributed by atoms with E-state index in [9.17, 15) is 0 Å². The van der Waals surface area contributed by atoms with Crippen LogP contribution in [0.2, 0.25) is 0 Å². The van der Waals surface area contributed by atoms with Gasteiger partial charge in [0.2, 0.25) is 0 Å². The number of rotatable bonds is 3. The van der Waals surface area contributed by atoms with Crippen molar-refractivity contribution in [1.82, 2.24) is 4.90 Å². The van der Waals surface area contributed by atoms with Crippen LogP contribution in [-0.4, -0.2) is 18.0 Å². The van der Waals surface area contributed by atoms with Crippen LogP contribution >= 0.6 is 11.3 Å². The van der Waals surface area contributed by atoms with E-state index >= 15 is 0 Å². The molecule has 1 saturated heterocycles. The minimum absolute atomic E-state index is 0.666. The number of fused-ring (bicyclic) bond motifs is 1. The fraction of sp³-hybridized carbons (Fsp3) is 0.500. The van der Waals surface area contributed by atoms with Gasteiger partial charge in [0, 0.05) is 22.7 Å². The van der Waals surface area contributed by atoms with Gasteiger partial charge in [-0.3, -0.25) is 4.90 Å². The van der Waals surface area contributed by atoms with Crippen LogP contribution in [0.3, 0.4) is 0 Å². The van der Waals surface area contributed by atoms with Crippen LogP contribution in [-0.2, 0) is 13.1 Å². The zero-order valence-electron chi connectivity index (χ0n) is 11.6. The summed E-state index contributed by atoms with van der Waals surface area (Å²) in [5.41, 5.74) is 7.40. The highest BCUT2D eigenvalue weighted by atomic mass is 32.1. The average molecular weight is 274 g/mol. The maximum Gasteiger partial charge on any atom is 0.0349 e. The lowest BCUT2D eigenvalue weighted by atomic mass is 9.98. The van der Waals surface area contributed by atoms with Crippen molar-refractivity contribution in [3.05, 3.63) is 34.7 Å². The molecule has 102 valence electrons. The molecule has 1 aliphatic heterocycles. The molecule has 0 radical (unpaired) electrons. The predicted molar refractivity (Wildman–Crippen MR) is 83.4 cm³/mol. The summed E-state index contributed by atoms with van der Waals surface area (Å²) >= 11 is 1.86. The molecule has 19 heavy (non-hydrogen) atoms. The highest BCUT2D eigenvalue weighted by Gasteiger charge is 2.19. The molecule has 1 aliphatic rings. The van der Waals surface area contributed by atoms with Crippen molar-refractivity contribution in [2.75, 3.05) is 13.1 Å². The maximum atomic E-state index is 5.93. The summed E-state index contributed by atoms with van der Waals surface area (Å²) in [6.45, 7) is 6.57. The SMILES string of the molecule is CC1CCN(Cc2c(CN)sc3ccccc23)CC1. The summed E-state index contributed by atoms with van der Waals surface area (Å²) in [6, 6.07) is 8.70. The van der Waals surface area contributed by atoms with E-state index in [0.29, 0.717) is 6.54 Å². The van der Waals surface area contributed by atoms with Crippen molar-refractivity contribution in [3.63, 3.8) is 0 Å². The van der Waals surface area contributed by atoms with Crippen molar-refractivity contribution < 1.29 is 0 Å². The van der Waals surface area contributed by atoms with Gasteiger partial charge in [-0.2, -0.15) is 0 Å². The van der Waals surface area contributed by atoms with Gasteiger partial charge in [-0.05, 0) is 48.9 Å². The number of hydrogen-bond acceptors (Lipinski definition) is 3. The summed E-state index contributed by atoms with van der Waals surface area (Å²) in [6.07, 6.45) is 2.67. The van der Waals surface area contributed by atoms with Gasteiger partial charge in [0.15, 0.2) is 0 Å². The van der Waals surface area contributed by atoms with Gasteiger partial charge >= 0.3 is 0 Å². The van der Waals surface area contributed by atoms with Gasteiger partial charge in [0.1, 0.15) is 0 Å². The average Bonchev–Trinajstić information content (AvgIpc) is 2.79. The number of hydrogen-bond donors (Lipinski definition) is 1. The molecule has 0 spiro atoms. The van der Waals surface area contributed by atoms with Gasteiger partial charge in [-0.1, -0.05) is 25.1 Å². The Morgan fingerprint density at radius 1 is 1.26 bits per heavy atom. The standard InChI is InChI=1S/C16H22N2S/c1-12-6-8-18(9-7-12)11-14-13-4-2-3-5-15(13)19-16(14)10-17/h2-5,12H,6-11,17H2,1H3. The predicted octanol–water partition coefficient (Wildman–Crippen LogP) is 3.59. The van der Waals surface area contributed by atoms with E-state index < -0.39 is 0 Å². The largest absolute Gasteiger partial charge is 0.326 e. The quantitative estimate of drug-likeness (QED) is 0.926. The third-order valence-corrected chi connectivity index (χ3v) is 5.46. The van der Waals surface area contributed by atoms with E-state index in [1.807, 2.05) is 11.3 Å². The molecule has 2 N–H and O–H groups in total. The van der Waals surface area contributed by atoms with E-state index in [1.54, 1.807) is 0 Å². The monoisotopic (exact) mass is 274 g/mol. The lowest BCUT2D eigenvalue weighted by molar-refractivity contribution is 0.185. The summed E-state index contributed by atoms with van der Waals surface area (Å²) in [4.78, 5) is 3.95. The van der Waals surface area contributed by atoms with Crippen molar-refractivity contribution >= 4 is 21.4 Å². The van der Waals surface area contributed by atoms with Crippen molar-refractivity contribution in [2.45, 2.75) is 32.9 Å². The fourth-order valence-electron chi connectivity index (χ4n) is 2.93. The first-order valence-electron chi connectivity index (χ1n) is 7.19. The first kappa shape index (κ1) is 13.1. The summed E-state index contributed by atoms with van der Waals surface area (Å²) in [5, 5.41) is 1.41. The van der Waals surface area contributed by atoms with E-state index in [0.717, 1.165) is 12.5 Å². The zero-order valence-corrected chi connectivity index (χ0v) is 12.4. The van der Waals surface area contributed by atoms with Gasteiger partial charge in [-0.15, -0.1) is 11.3 Å². The number of nitrogens with zero attached hydrogens (tertiary/aromatic N) is 1. The van der Waals surface area contributed by atoms with E-state index in [-0.39, 0.29) is 0 Å². The summed E-state index contributed by atoms with van der Waals surface area (Å²) in [5.74, 6) is 0.893. The Hall–Kier alpha value is -0.900. The normalized spacial score (nSPS) is 18.2. The smallest absolute Gasteiger partial charge is 0.0349 e. The highest BCUT2D eigenvalue weighted by molar-refractivity contribution is 7.19. The Balaban J connectivity index is 1.87. The molecule has 2 aromatic rings. The van der Waals surface area contributed by atoms with Crippen molar-refractivity contribution in [2.24, 2.45) is 11.7 Å². The fourth-order valence-corrected chi connectivity index (χ4v) is 4.03. The van der Waals surface area contributed by atoms with E-state index in [2.05, 4.69) is 36.1 Å². The van der Waals surface area contributed by atoms with E-state index in [1.165, 1.54) is 46.5 Å². The third kappa shape index (κ3) is 2.69. The number of likely N-dealkylation sites (tertiary alicyclic amines) is 1. The van der Waals surface area contributed by atoms with Gasteiger partial charge in [0.25, 0.3) is 0 Å². The van der Waals surface area contributed by atoms with Crippen molar-refractivity contribution in [3.8, 4) is 0 Å². The minimum atomic E-state index is 0.666. The Morgan fingerprint density at radius 2 is 2.00 bits per heavy atom. The second-order valence-electron chi connectivity index (χ2n) is 5.66. The molecular weight excluding hydrogens is 252 g/mol. The molecule has 1 aromatic heterocycles. The Labute approximate surface area is 119 Å². The second kappa shape index (κ2) is 5.61. The molecule has 0 unspecified atom stereocenters. The molecule has 0 saturated carbocycles. The van der Waals surface area contributed by atoms with E-state index in [4.69, 9.17) is 5.73 Å². The molecule has 0 amide bonds. The first-order chi connectivity index (χ1) is 9.28. The molecule has 3 rings (SSSR count). The van der Waals surface area contributed by atoms with Crippen molar-refractivity contribution in [1.29, 1.82) is 0 Å². The molecule has 0 aliphatic carbocycles. The molecule has 0 bridgehead atoms. The highest BCUT2D eigenvalue weighted by Crippen LogP contribution is 2.32. The topological polar surface area (TPSA) is 29.3 Å².